The SMILES string of the molecule is O=C(O)c1ccc2nc(Sc3nnnn3C3CCCCC3)sc2c1. The lowest BCUT2D eigenvalue weighted by atomic mass is 9.96. The van der Waals surface area contributed by atoms with Crippen LogP contribution in [0.2, 0.25) is 0 Å². The van der Waals surface area contributed by atoms with E-state index in [-0.39, 0.29) is 5.56 Å². The van der Waals surface area contributed by atoms with Crippen molar-refractivity contribution in [3.63, 3.8) is 0 Å². The fraction of sp³-hybridized carbons (Fsp3) is 0.400. The number of carboxylic acids is 1. The van der Waals surface area contributed by atoms with Gasteiger partial charge in [-0.05, 0) is 53.2 Å². The number of fused-ring (bicyclic) bond motifs is 1. The number of thiazole rings is 1. The normalized spacial score (nSPS) is 15.8. The number of carbonyl (C=O) groups is 1. The first-order chi connectivity index (χ1) is 11.7. The molecule has 0 spiro atoms. The molecule has 0 radical (unpaired) electrons. The van der Waals surface area contributed by atoms with E-state index in [9.17, 15) is 4.79 Å². The standard InChI is InChI=1S/C15H15N5O2S2/c21-13(22)9-6-7-11-12(8-9)23-15(16-11)24-14-17-18-19-20(14)10-4-2-1-3-5-10/h6-8,10H,1-5H2,(H,21,22). The van der Waals surface area contributed by atoms with Crippen LogP contribution in [0.1, 0.15) is 48.5 Å². The topological polar surface area (TPSA) is 93.8 Å². The van der Waals surface area contributed by atoms with Gasteiger partial charge in [-0.1, -0.05) is 19.3 Å². The maximum absolute atomic E-state index is 11.1. The molecule has 0 aliphatic heterocycles. The Hall–Kier alpha value is -2.00. The molecule has 1 fully saturated rings. The van der Waals surface area contributed by atoms with E-state index in [1.54, 1.807) is 18.2 Å². The van der Waals surface area contributed by atoms with Gasteiger partial charge in [0, 0.05) is 0 Å². The van der Waals surface area contributed by atoms with Gasteiger partial charge < -0.3 is 5.11 Å². The van der Waals surface area contributed by atoms with Crippen molar-refractivity contribution in [2.24, 2.45) is 0 Å². The monoisotopic (exact) mass is 361 g/mol. The van der Waals surface area contributed by atoms with Gasteiger partial charge in [-0.15, -0.1) is 16.4 Å². The second-order valence-electron chi connectivity index (χ2n) is 5.77. The third-order valence-electron chi connectivity index (χ3n) is 4.18. The van der Waals surface area contributed by atoms with E-state index in [2.05, 4.69) is 20.5 Å². The molecule has 0 atom stereocenters. The largest absolute Gasteiger partial charge is 0.478 e. The number of aromatic nitrogens is 5. The fourth-order valence-corrected chi connectivity index (χ4v) is 5.02. The summed E-state index contributed by atoms with van der Waals surface area (Å²) in [6, 6.07) is 5.34. The first-order valence-corrected chi connectivity index (χ1v) is 9.43. The summed E-state index contributed by atoms with van der Waals surface area (Å²) in [5.74, 6) is -0.930. The number of hydrogen-bond donors (Lipinski definition) is 1. The van der Waals surface area contributed by atoms with E-state index in [0.717, 1.165) is 32.6 Å². The van der Waals surface area contributed by atoms with Crippen molar-refractivity contribution in [1.29, 1.82) is 0 Å². The van der Waals surface area contributed by atoms with Crippen molar-refractivity contribution in [2.45, 2.75) is 47.6 Å². The predicted molar refractivity (Wildman–Crippen MR) is 90.6 cm³/mol. The predicted octanol–water partition coefficient (Wildman–Crippen LogP) is 3.64. The minimum absolute atomic E-state index is 0.273. The number of carboxylic acid groups (broad SMARTS) is 1. The zero-order valence-electron chi connectivity index (χ0n) is 12.8. The Labute approximate surface area is 146 Å². The molecule has 4 rings (SSSR count). The molecule has 0 bridgehead atoms. The summed E-state index contributed by atoms with van der Waals surface area (Å²) in [5, 5.41) is 22.0. The van der Waals surface area contributed by atoms with E-state index in [1.807, 2.05) is 4.68 Å². The van der Waals surface area contributed by atoms with Crippen LogP contribution in [-0.4, -0.2) is 36.3 Å². The van der Waals surface area contributed by atoms with Gasteiger partial charge in [-0.2, -0.15) is 0 Å². The first kappa shape index (κ1) is 15.5. The van der Waals surface area contributed by atoms with Crippen molar-refractivity contribution >= 4 is 39.3 Å². The Morgan fingerprint density at radius 3 is 2.92 bits per heavy atom. The number of nitrogens with zero attached hydrogens (tertiary/aromatic N) is 5. The molecule has 0 unspecified atom stereocenters. The van der Waals surface area contributed by atoms with Crippen molar-refractivity contribution in [1.82, 2.24) is 25.2 Å². The van der Waals surface area contributed by atoms with Gasteiger partial charge in [0.1, 0.15) is 0 Å². The molecule has 1 aliphatic carbocycles. The van der Waals surface area contributed by atoms with Crippen LogP contribution in [0.5, 0.6) is 0 Å². The lowest BCUT2D eigenvalue weighted by molar-refractivity contribution is 0.0697. The Balaban J connectivity index is 1.60. The van der Waals surface area contributed by atoms with Crippen LogP contribution in [0, 0.1) is 0 Å². The van der Waals surface area contributed by atoms with Crippen molar-refractivity contribution in [2.75, 3.05) is 0 Å². The molecule has 2 aromatic heterocycles. The van der Waals surface area contributed by atoms with Gasteiger partial charge in [0.15, 0.2) is 4.34 Å². The highest BCUT2D eigenvalue weighted by Crippen LogP contribution is 2.36. The summed E-state index contributed by atoms with van der Waals surface area (Å²) in [5.41, 5.74) is 1.07. The number of rotatable bonds is 4. The minimum atomic E-state index is -0.930. The molecular formula is C15H15N5O2S2. The van der Waals surface area contributed by atoms with Gasteiger partial charge in [-0.25, -0.2) is 14.5 Å². The lowest BCUT2D eigenvalue weighted by Crippen LogP contribution is -2.15. The average Bonchev–Trinajstić information content (AvgIpc) is 3.21. The van der Waals surface area contributed by atoms with Crippen LogP contribution in [0.4, 0.5) is 0 Å². The van der Waals surface area contributed by atoms with Gasteiger partial charge >= 0.3 is 5.97 Å². The van der Waals surface area contributed by atoms with E-state index < -0.39 is 5.97 Å². The summed E-state index contributed by atoms with van der Waals surface area (Å²) in [7, 11) is 0. The summed E-state index contributed by atoms with van der Waals surface area (Å²) in [4.78, 5) is 15.6. The highest BCUT2D eigenvalue weighted by molar-refractivity contribution is 8.01. The highest BCUT2D eigenvalue weighted by atomic mass is 32.2. The fourth-order valence-electron chi connectivity index (χ4n) is 2.97. The summed E-state index contributed by atoms with van der Waals surface area (Å²) < 4.78 is 3.59. The zero-order chi connectivity index (χ0) is 16.5. The number of benzene rings is 1. The number of aromatic carboxylic acids is 1. The molecule has 1 aliphatic rings. The maximum atomic E-state index is 11.1. The third kappa shape index (κ3) is 3.01. The van der Waals surface area contributed by atoms with Gasteiger partial charge in [0.25, 0.3) is 0 Å². The average molecular weight is 361 g/mol. The molecule has 2 heterocycles. The van der Waals surface area contributed by atoms with Gasteiger partial charge in [0.05, 0.1) is 21.8 Å². The molecule has 24 heavy (non-hydrogen) atoms. The maximum Gasteiger partial charge on any atom is 0.335 e. The number of hydrogen-bond acceptors (Lipinski definition) is 7. The number of tetrazole rings is 1. The van der Waals surface area contributed by atoms with Crippen LogP contribution >= 0.6 is 23.1 Å². The molecule has 7 nitrogen and oxygen atoms in total. The zero-order valence-corrected chi connectivity index (χ0v) is 14.4. The van der Waals surface area contributed by atoms with Gasteiger partial charge in [0.2, 0.25) is 5.16 Å². The lowest BCUT2D eigenvalue weighted by Gasteiger charge is -2.21. The van der Waals surface area contributed by atoms with E-state index in [0.29, 0.717) is 6.04 Å². The van der Waals surface area contributed by atoms with E-state index in [4.69, 9.17) is 5.11 Å². The second kappa shape index (κ2) is 6.48. The molecule has 3 aromatic rings. The Morgan fingerprint density at radius 1 is 1.29 bits per heavy atom. The molecule has 1 saturated carbocycles. The molecular weight excluding hydrogens is 346 g/mol. The second-order valence-corrected chi connectivity index (χ2v) is 8.01. The van der Waals surface area contributed by atoms with Crippen LogP contribution in [0.25, 0.3) is 10.2 Å². The Kier molecular flexibility index (Phi) is 4.19. The van der Waals surface area contributed by atoms with E-state index >= 15 is 0 Å². The van der Waals surface area contributed by atoms with Crippen molar-refractivity contribution < 1.29 is 9.90 Å². The van der Waals surface area contributed by atoms with Crippen molar-refractivity contribution in [3.8, 4) is 0 Å². The van der Waals surface area contributed by atoms with Crippen LogP contribution < -0.4 is 0 Å². The van der Waals surface area contributed by atoms with Crippen LogP contribution in [0.3, 0.4) is 0 Å². The quantitative estimate of drug-likeness (QED) is 0.758. The molecule has 9 heteroatoms. The molecule has 124 valence electrons. The third-order valence-corrected chi connectivity index (χ3v) is 6.21. The summed E-state index contributed by atoms with van der Waals surface area (Å²) >= 11 is 2.90. The summed E-state index contributed by atoms with van der Waals surface area (Å²) in [6.07, 6.45) is 5.94. The molecule has 0 saturated heterocycles. The molecule has 1 N–H and O–H groups in total. The minimum Gasteiger partial charge on any atom is -0.478 e. The summed E-state index contributed by atoms with van der Waals surface area (Å²) in [6.45, 7) is 0. The van der Waals surface area contributed by atoms with Crippen LogP contribution in [-0.2, 0) is 0 Å². The first-order valence-electron chi connectivity index (χ1n) is 7.80. The van der Waals surface area contributed by atoms with Gasteiger partial charge in [-0.3, -0.25) is 0 Å². The Bertz CT molecular complexity index is 885. The molecule has 0 amide bonds. The smallest absolute Gasteiger partial charge is 0.335 e. The van der Waals surface area contributed by atoms with Crippen molar-refractivity contribution in [3.05, 3.63) is 23.8 Å². The van der Waals surface area contributed by atoms with Crippen LogP contribution in [0.15, 0.2) is 27.7 Å². The Morgan fingerprint density at radius 2 is 2.12 bits per heavy atom. The molecule has 1 aromatic carbocycles. The van der Waals surface area contributed by atoms with E-state index in [1.165, 1.54) is 42.4 Å². The highest BCUT2D eigenvalue weighted by Gasteiger charge is 2.21.